The fourth-order valence-electron chi connectivity index (χ4n) is 3.29. The first-order valence-electron chi connectivity index (χ1n) is 8.00. The Labute approximate surface area is 117 Å². The summed E-state index contributed by atoms with van der Waals surface area (Å²) >= 11 is 0. The van der Waals surface area contributed by atoms with Crippen molar-refractivity contribution >= 4 is 5.91 Å². The van der Waals surface area contributed by atoms with Crippen molar-refractivity contribution in [1.82, 2.24) is 15.1 Å². The number of carbonyl (C=O) groups excluding carboxylic acids is 1. The Morgan fingerprint density at radius 3 is 2.68 bits per heavy atom. The summed E-state index contributed by atoms with van der Waals surface area (Å²) in [7, 11) is 0. The molecule has 0 aliphatic carbocycles. The Bertz CT molecular complexity index is 277. The van der Waals surface area contributed by atoms with Crippen molar-refractivity contribution in [1.29, 1.82) is 0 Å². The smallest absolute Gasteiger partial charge is 0.236 e. The molecule has 4 heteroatoms. The lowest BCUT2D eigenvalue weighted by molar-refractivity contribution is -0.133. The molecule has 0 spiro atoms. The van der Waals surface area contributed by atoms with E-state index in [9.17, 15) is 4.79 Å². The molecule has 19 heavy (non-hydrogen) atoms. The van der Waals surface area contributed by atoms with Crippen LogP contribution >= 0.6 is 0 Å². The Kier molecular flexibility index (Phi) is 6.11. The SMILES string of the molecule is CCCC1CCCN(CC(=O)N2CCNCC2)CC1. The molecule has 0 aromatic carbocycles. The summed E-state index contributed by atoms with van der Waals surface area (Å²) in [5.74, 6) is 1.22. The average molecular weight is 267 g/mol. The summed E-state index contributed by atoms with van der Waals surface area (Å²) in [5.41, 5.74) is 0. The van der Waals surface area contributed by atoms with Crippen LogP contribution in [0.4, 0.5) is 0 Å². The molecule has 2 heterocycles. The molecule has 4 nitrogen and oxygen atoms in total. The maximum absolute atomic E-state index is 12.2. The fraction of sp³-hybridized carbons (Fsp3) is 0.933. The van der Waals surface area contributed by atoms with Crippen molar-refractivity contribution in [3.05, 3.63) is 0 Å². The summed E-state index contributed by atoms with van der Waals surface area (Å²) in [6, 6.07) is 0. The molecule has 1 N–H and O–H groups in total. The number of rotatable bonds is 4. The average Bonchev–Trinajstić information content (AvgIpc) is 2.66. The molecule has 1 amide bonds. The third kappa shape index (κ3) is 4.77. The third-order valence-electron chi connectivity index (χ3n) is 4.47. The molecule has 2 saturated heterocycles. The van der Waals surface area contributed by atoms with Crippen molar-refractivity contribution in [3.8, 4) is 0 Å². The lowest BCUT2D eigenvalue weighted by Crippen LogP contribution is -2.49. The van der Waals surface area contributed by atoms with Gasteiger partial charge >= 0.3 is 0 Å². The highest BCUT2D eigenvalue weighted by Crippen LogP contribution is 2.21. The summed E-state index contributed by atoms with van der Waals surface area (Å²) in [6.45, 7) is 8.79. The predicted molar refractivity (Wildman–Crippen MR) is 78.1 cm³/mol. The molecule has 2 aliphatic heterocycles. The van der Waals surface area contributed by atoms with Gasteiger partial charge in [-0.3, -0.25) is 9.69 Å². The molecule has 2 aliphatic rings. The first-order valence-corrected chi connectivity index (χ1v) is 8.00. The van der Waals surface area contributed by atoms with Gasteiger partial charge in [0.2, 0.25) is 5.91 Å². The number of amides is 1. The Morgan fingerprint density at radius 2 is 1.95 bits per heavy atom. The first kappa shape index (κ1) is 14.8. The van der Waals surface area contributed by atoms with Crippen LogP contribution in [-0.4, -0.2) is 61.5 Å². The number of hydrogen-bond donors (Lipinski definition) is 1. The van der Waals surface area contributed by atoms with E-state index >= 15 is 0 Å². The van der Waals surface area contributed by atoms with Crippen LogP contribution in [0.3, 0.4) is 0 Å². The van der Waals surface area contributed by atoms with Gasteiger partial charge in [-0.25, -0.2) is 0 Å². The van der Waals surface area contributed by atoms with Crippen LogP contribution in [0.25, 0.3) is 0 Å². The van der Waals surface area contributed by atoms with Crippen molar-refractivity contribution in [3.63, 3.8) is 0 Å². The van der Waals surface area contributed by atoms with Crippen LogP contribution in [0.1, 0.15) is 39.0 Å². The van der Waals surface area contributed by atoms with Crippen LogP contribution in [0, 0.1) is 5.92 Å². The van der Waals surface area contributed by atoms with Gasteiger partial charge < -0.3 is 10.2 Å². The van der Waals surface area contributed by atoms with Crippen LogP contribution in [0.15, 0.2) is 0 Å². The maximum Gasteiger partial charge on any atom is 0.236 e. The van der Waals surface area contributed by atoms with E-state index in [1.54, 1.807) is 0 Å². The topological polar surface area (TPSA) is 35.6 Å². The van der Waals surface area contributed by atoms with E-state index in [0.29, 0.717) is 12.5 Å². The molecular weight excluding hydrogens is 238 g/mol. The van der Waals surface area contributed by atoms with Gasteiger partial charge in [0.15, 0.2) is 0 Å². The minimum Gasteiger partial charge on any atom is -0.339 e. The van der Waals surface area contributed by atoms with Gasteiger partial charge in [-0.15, -0.1) is 0 Å². The Balaban J connectivity index is 1.74. The first-order chi connectivity index (χ1) is 9.29. The van der Waals surface area contributed by atoms with Gasteiger partial charge in [0.1, 0.15) is 0 Å². The van der Waals surface area contributed by atoms with Crippen LogP contribution in [-0.2, 0) is 4.79 Å². The molecule has 0 aromatic heterocycles. The summed E-state index contributed by atoms with van der Waals surface area (Å²) in [6.07, 6.45) is 6.55. The van der Waals surface area contributed by atoms with E-state index < -0.39 is 0 Å². The summed E-state index contributed by atoms with van der Waals surface area (Å²) < 4.78 is 0. The number of nitrogens with one attached hydrogen (secondary N) is 1. The number of hydrogen-bond acceptors (Lipinski definition) is 3. The van der Waals surface area contributed by atoms with E-state index in [1.165, 1.54) is 32.1 Å². The van der Waals surface area contributed by atoms with Crippen molar-refractivity contribution in [2.45, 2.75) is 39.0 Å². The second kappa shape index (κ2) is 7.85. The zero-order valence-corrected chi connectivity index (χ0v) is 12.4. The quantitative estimate of drug-likeness (QED) is 0.834. The lowest BCUT2D eigenvalue weighted by atomic mass is 9.96. The second-order valence-corrected chi connectivity index (χ2v) is 5.99. The van der Waals surface area contributed by atoms with Crippen LogP contribution < -0.4 is 5.32 Å². The highest BCUT2D eigenvalue weighted by molar-refractivity contribution is 5.78. The number of carbonyl (C=O) groups is 1. The predicted octanol–water partition coefficient (Wildman–Crippen LogP) is 1.32. The molecule has 2 rings (SSSR count). The Hall–Kier alpha value is -0.610. The molecule has 2 fully saturated rings. The molecule has 110 valence electrons. The van der Waals surface area contributed by atoms with E-state index in [-0.39, 0.29) is 0 Å². The fourth-order valence-corrected chi connectivity index (χ4v) is 3.29. The summed E-state index contributed by atoms with van der Waals surface area (Å²) in [4.78, 5) is 16.6. The highest BCUT2D eigenvalue weighted by Gasteiger charge is 2.21. The standard InChI is InChI=1S/C15H29N3O/c1-2-4-14-5-3-9-17(10-6-14)13-15(19)18-11-7-16-8-12-18/h14,16H,2-13H2,1H3. The lowest BCUT2D eigenvalue weighted by Gasteiger charge is -2.30. The van der Waals surface area contributed by atoms with Crippen molar-refractivity contribution in [2.75, 3.05) is 45.8 Å². The van der Waals surface area contributed by atoms with Gasteiger partial charge in [0.05, 0.1) is 6.54 Å². The monoisotopic (exact) mass is 267 g/mol. The van der Waals surface area contributed by atoms with Gasteiger partial charge in [-0.1, -0.05) is 19.8 Å². The van der Waals surface area contributed by atoms with Gasteiger partial charge in [0, 0.05) is 26.2 Å². The largest absolute Gasteiger partial charge is 0.339 e. The van der Waals surface area contributed by atoms with E-state index in [4.69, 9.17) is 0 Å². The van der Waals surface area contributed by atoms with Crippen molar-refractivity contribution < 1.29 is 4.79 Å². The van der Waals surface area contributed by atoms with Crippen LogP contribution in [0.2, 0.25) is 0 Å². The number of piperazine rings is 1. The maximum atomic E-state index is 12.2. The number of likely N-dealkylation sites (tertiary alicyclic amines) is 1. The molecule has 0 radical (unpaired) electrons. The van der Waals surface area contributed by atoms with Crippen molar-refractivity contribution in [2.24, 2.45) is 5.92 Å². The van der Waals surface area contributed by atoms with E-state index in [1.807, 2.05) is 4.90 Å². The zero-order chi connectivity index (χ0) is 13.5. The molecule has 0 aromatic rings. The van der Waals surface area contributed by atoms with Gasteiger partial charge in [-0.05, 0) is 38.3 Å². The second-order valence-electron chi connectivity index (χ2n) is 5.99. The molecule has 0 bridgehead atoms. The van der Waals surface area contributed by atoms with E-state index in [0.717, 1.165) is 45.2 Å². The molecule has 1 unspecified atom stereocenters. The summed E-state index contributed by atoms with van der Waals surface area (Å²) in [5, 5.41) is 3.30. The molecule has 1 atom stereocenters. The third-order valence-corrected chi connectivity index (χ3v) is 4.47. The molecule has 0 saturated carbocycles. The van der Waals surface area contributed by atoms with Gasteiger partial charge in [-0.2, -0.15) is 0 Å². The Morgan fingerprint density at radius 1 is 1.16 bits per heavy atom. The minimum absolute atomic E-state index is 0.329. The van der Waals surface area contributed by atoms with E-state index in [2.05, 4.69) is 17.1 Å². The minimum atomic E-state index is 0.329. The zero-order valence-electron chi connectivity index (χ0n) is 12.4. The normalized spacial score (nSPS) is 26.2. The molecular formula is C15H29N3O. The highest BCUT2D eigenvalue weighted by atomic mass is 16.2. The van der Waals surface area contributed by atoms with Crippen LogP contribution in [0.5, 0.6) is 0 Å². The van der Waals surface area contributed by atoms with Gasteiger partial charge in [0.25, 0.3) is 0 Å². The number of nitrogens with zero attached hydrogens (tertiary/aromatic N) is 2.